The van der Waals surface area contributed by atoms with Crippen molar-refractivity contribution in [2.24, 2.45) is 0 Å². The third-order valence-corrected chi connectivity index (χ3v) is 10.6. The van der Waals surface area contributed by atoms with Crippen LogP contribution in [0.15, 0.2) is 145 Å². The van der Waals surface area contributed by atoms with Gasteiger partial charge in [-0.2, -0.15) is 0 Å². The van der Waals surface area contributed by atoms with Gasteiger partial charge in [0.1, 0.15) is 0 Å². The predicted octanol–water partition coefficient (Wildman–Crippen LogP) is 12.6. The molecule has 42 heavy (non-hydrogen) atoms. The van der Waals surface area contributed by atoms with Gasteiger partial charge in [0.15, 0.2) is 0 Å². The van der Waals surface area contributed by atoms with E-state index >= 15 is 0 Å². The number of benzene rings is 7. The molecule has 0 amide bonds. The van der Waals surface area contributed by atoms with Crippen LogP contribution in [0.2, 0.25) is 0 Å². The Balaban J connectivity index is 1.31. The molecule has 9 aromatic rings. The van der Waals surface area contributed by atoms with Crippen molar-refractivity contribution in [2.45, 2.75) is 0 Å². The van der Waals surface area contributed by atoms with Crippen LogP contribution in [0.1, 0.15) is 0 Å². The van der Waals surface area contributed by atoms with Crippen molar-refractivity contribution >= 4 is 74.5 Å². The van der Waals surface area contributed by atoms with Crippen molar-refractivity contribution in [1.82, 2.24) is 0 Å². The van der Waals surface area contributed by atoms with Gasteiger partial charge >= 0.3 is 0 Å². The van der Waals surface area contributed by atoms with Gasteiger partial charge in [0.25, 0.3) is 0 Å². The molecule has 7 aromatic carbocycles. The molecule has 2 aromatic heterocycles. The molecule has 0 spiro atoms. The van der Waals surface area contributed by atoms with E-state index in [1.807, 2.05) is 22.7 Å². The summed E-state index contributed by atoms with van der Waals surface area (Å²) in [5, 5.41) is 11.5. The van der Waals surface area contributed by atoms with Gasteiger partial charge in [-0.3, -0.25) is 0 Å². The third-order valence-electron chi connectivity index (χ3n) is 8.53. The predicted molar refractivity (Wildman–Crippen MR) is 186 cm³/mol. The zero-order chi connectivity index (χ0) is 27.6. The molecule has 0 saturated heterocycles. The van der Waals surface area contributed by atoms with Crippen LogP contribution in [-0.4, -0.2) is 0 Å². The first-order valence-electron chi connectivity index (χ1n) is 14.3. The fourth-order valence-electron chi connectivity index (χ4n) is 6.65. The van der Waals surface area contributed by atoms with E-state index in [0.29, 0.717) is 0 Å². The molecular formula is C40H24S2. The quantitative estimate of drug-likeness (QED) is 0.186. The van der Waals surface area contributed by atoms with E-state index < -0.39 is 0 Å². The minimum absolute atomic E-state index is 1.26. The number of fused-ring (bicyclic) bond motifs is 6. The summed E-state index contributed by atoms with van der Waals surface area (Å²) in [5.74, 6) is 0. The maximum Gasteiger partial charge on any atom is 0.0362 e. The topological polar surface area (TPSA) is 0 Å². The van der Waals surface area contributed by atoms with Gasteiger partial charge in [0.05, 0.1) is 0 Å². The molecular weight excluding hydrogens is 545 g/mol. The van der Waals surface area contributed by atoms with Crippen LogP contribution in [-0.2, 0) is 0 Å². The van der Waals surface area contributed by atoms with E-state index in [1.54, 1.807) is 0 Å². The van der Waals surface area contributed by atoms with Gasteiger partial charge in [0.2, 0.25) is 0 Å². The minimum atomic E-state index is 1.26. The smallest absolute Gasteiger partial charge is 0.0362 e. The highest BCUT2D eigenvalue weighted by atomic mass is 32.1. The van der Waals surface area contributed by atoms with Crippen LogP contribution >= 0.6 is 22.7 Å². The summed E-state index contributed by atoms with van der Waals surface area (Å²) in [4.78, 5) is 0. The lowest BCUT2D eigenvalue weighted by Gasteiger charge is -2.17. The summed E-state index contributed by atoms with van der Waals surface area (Å²) >= 11 is 3.74. The second-order valence-electron chi connectivity index (χ2n) is 10.9. The molecule has 0 fully saturated rings. The van der Waals surface area contributed by atoms with Gasteiger partial charge in [-0.25, -0.2) is 0 Å². The van der Waals surface area contributed by atoms with Crippen LogP contribution in [0.25, 0.3) is 85.2 Å². The molecule has 196 valence electrons. The molecule has 0 aliphatic heterocycles. The fraction of sp³-hybridized carbons (Fsp3) is 0. The fourth-order valence-corrected chi connectivity index (χ4v) is 8.75. The molecule has 0 radical (unpaired) electrons. The summed E-state index contributed by atoms with van der Waals surface area (Å²) in [5.41, 5.74) is 7.75. The first-order valence-corrected chi connectivity index (χ1v) is 16.0. The zero-order valence-corrected chi connectivity index (χ0v) is 24.3. The van der Waals surface area contributed by atoms with Crippen LogP contribution in [0, 0.1) is 0 Å². The van der Waals surface area contributed by atoms with E-state index in [1.165, 1.54) is 85.2 Å². The number of thiophene rings is 2. The van der Waals surface area contributed by atoms with E-state index in [2.05, 4.69) is 145 Å². The van der Waals surface area contributed by atoms with Crippen molar-refractivity contribution in [3.8, 4) is 33.4 Å². The Kier molecular flexibility index (Phi) is 5.34. The van der Waals surface area contributed by atoms with Gasteiger partial charge in [0, 0.05) is 35.8 Å². The number of hydrogen-bond donors (Lipinski definition) is 0. The average Bonchev–Trinajstić information content (AvgIpc) is 3.63. The van der Waals surface area contributed by atoms with Crippen LogP contribution in [0.3, 0.4) is 0 Å². The standard InChI is InChI=1S/C40H24S2/c1-3-11-25(12-4-1)35-24-41-37-22-33-32-21-27(19-20-36(32)42-38(33)23-34(35)37)40-30-17-9-7-15-28(30)39(26-13-5-2-6-14-26)29-16-8-10-18-31(29)40/h1-24H. The zero-order valence-electron chi connectivity index (χ0n) is 22.7. The van der Waals surface area contributed by atoms with E-state index in [9.17, 15) is 0 Å². The van der Waals surface area contributed by atoms with Gasteiger partial charge in [-0.15, -0.1) is 22.7 Å². The number of rotatable bonds is 3. The Morgan fingerprint density at radius 1 is 0.333 bits per heavy atom. The Bertz CT molecular complexity index is 2390. The van der Waals surface area contributed by atoms with E-state index in [4.69, 9.17) is 0 Å². The highest BCUT2D eigenvalue weighted by molar-refractivity contribution is 7.26. The largest absolute Gasteiger partial charge is 0.143 e. The first-order chi connectivity index (χ1) is 20.8. The summed E-state index contributed by atoms with van der Waals surface area (Å²) in [6.07, 6.45) is 0. The molecule has 2 heteroatoms. The molecule has 0 aliphatic carbocycles. The van der Waals surface area contributed by atoms with E-state index in [-0.39, 0.29) is 0 Å². The summed E-state index contributed by atoms with van der Waals surface area (Å²) < 4.78 is 4.02. The summed E-state index contributed by atoms with van der Waals surface area (Å²) in [6.45, 7) is 0. The lowest BCUT2D eigenvalue weighted by atomic mass is 9.86. The first kappa shape index (κ1) is 23.9. The lowest BCUT2D eigenvalue weighted by Crippen LogP contribution is -1.90. The van der Waals surface area contributed by atoms with Crippen molar-refractivity contribution in [3.63, 3.8) is 0 Å². The second kappa shape index (κ2) is 9.39. The van der Waals surface area contributed by atoms with Crippen LogP contribution in [0.5, 0.6) is 0 Å². The molecule has 0 aliphatic rings. The van der Waals surface area contributed by atoms with Crippen molar-refractivity contribution in [1.29, 1.82) is 0 Å². The van der Waals surface area contributed by atoms with Crippen LogP contribution in [0.4, 0.5) is 0 Å². The van der Waals surface area contributed by atoms with Gasteiger partial charge in [-0.1, -0.05) is 115 Å². The van der Waals surface area contributed by atoms with Crippen molar-refractivity contribution in [2.75, 3.05) is 0 Å². The molecule has 9 rings (SSSR count). The Morgan fingerprint density at radius 3 is 1.50 bits per heavy atom. The highest BCUT2D eigenvalue weighted by Gasteiger charge is 2.18. The summed E-state index contributed by atoms with van der Waals surface area (Å²) in [6, 6.07) is 51.3. The molecule has 0 atom stereocenters. The Hall–Kier alpha value is -4.76. The third kappa shape index (κ3) is 3.59. The highest BCUT2D eigenvalue weighted by Crippen LogP contribution is 2.46. The SMILES string of the molecule is c1ccc(-c2csc3cc4c(cc23)sc2ccc(-c3c5ccccc5c(-c5ccccc5)c5ccccc35)cc24)cc1. The van der Waals surface area contributed by atoms with Crippen molar-refractivity contribution in [3.05, 3.63) is 145 Å². The molecule has 0 unspecified atom stereocenters. The summed E-state index contributed by atoms with van der Waals surface area (Å²) in [7, 11) is 0. The molecule has 2 heterocycles. The lowest BCUT2D eigenvalue weighted by molar-refractivity contribution is 1.66. The maximum atomic E-state index is 2.43. The molecule has 0 saturated carbocycles. The monoisotopic (exact) mass is 568 g/mol. The van der Waals surface area contributed by atoms with E-state index in [0.717, 1.165) is 0 Å². The molecule has 0 nitrogen and oxygen atoms in total. The molecule has 0 N–H and O–H groups in total. The average molecular weight is 569 g/mol. The Morgan fingerprint density at radius 2 is 0.857 bits per heavy atom. The second-order valence-corrected chi connectivity index (χ2v) is 12.9. The van der Waals surface area contributed by atoms with Gasteiger partial charge in [-0.05, 0) is 79.0 Å². The van der Waals surface area contributed by atoms with Crippen molar-refractivity contribution < 1.29 is 0 Å². The molecule has 0 bridgehead atoms. The normalized spacial score (nSPS) is 11.8. The number of hydrogen-bond acceptors (Lipinski definition) is 2. The Labute approximate surface area is 251 Å². The minimum Gasteiger partial charge on any atom is -0.143 e. The van der Waals surface area contributed by atoms with Crippen LogP contribution < -0.4 is 0 Å². The maximum absolute atomic E-state index is 2.43. The van der Waals surface area contributed by atoms with Gasteiger partial charge < -0.3 is 0 Å².